The van der Waals surface area contributed by atoms with Gasteiger partial charge >= 0.3 is 5.97 Å². The van der Waals surface area contributed by atoms with Crippen LogP contribution in [0.3, 0.4) is 0 Å². The summed E-state index contributed by atoms with van der Waals surface area (Å²) in [6.07, 6.45) is 3.01. The van der Waals surface area contributed by atoms with Crippen LogP contribution in [-0.4, -0.2) is 26.7 Å². The number of benzene rings is 2. The fourth-order valence-corrected chi connectivity index (χ4v) is 5.74. The number of hydrogen-bond donors (Lipinski definition) is 2. The Hall–Kier alpha value is -3.09. The highest BCUT2D eigenvalue weighted by atomic mass is 19.1. The van der Waals surface area contributed by atoms with Gasteiger partial charge in [-0.05, 0) is 80.3 Å². The van der Waals surface area contributed by atoms with Crippen molar-refractivity contribution in [2.24, 2.45) is 10.8 Å². The first-order valence-corrected chi connectivity index (χ1v) is 11.8. The lowest BCUT2D eigenvalue weighted by atomic mass is 9.63. The van der Waals surface area contributed by atoms with Crippen LogP contribution in [0.25, 0.3) is 11.0 Å². The van der Waals surface area contributed by atoms with E-state index in [2.05, 4.69) is 42.6 Å². The molecule has 0 radical (unpaired) electrons. The number of ether oxygens (including phenoxy) is 1. The standard InChI is InChI=1S/C27H34FN3O3/c1-16(2)34-19-9-7-17(8-10-19)29-25-30-23-21(12-11-20(22(23)28)24(32)33)31(25)18-13-26(3,4)15-27(5,6)14-18/h7-12,16,18H,13-15H2,1-6H3,(H,29,30)(H,32,33). The van der Waals surface area contributed by atoms with Gasteiger partial charge in [-0.3, -0.25) is 0 Å². The molecule has 2 N–H and O–H groups in total. The molecule has 0 atom stereocenters. The molecule has 4 rings (SSSR count). The van der Waals surface area contributed by atoms with E-state index in [1.807, 2.05) is 38.1 Å². The number of imidazole rings is 1. The largest absolute Gasteiger partial charge is 0.491 e. The van der Waals surface area contributed by atoms with E-state index >= 15 is 4.39 Å². The number of carbonyl (C=O) groups is 1. The average Bonchev–Trinajstić information content (AvgIpc) is 3.05. The van der Waals surface area contributed by atoms with Gasteiger partial charge in [-0.15, -0.1) is 0 Å². The molecule has 0 unspecified atom stereocenters. The van der Waals surface area contributed by atoms with Crippen molar-refractivity contribution >= 4 is 28.6 Å². The van der Waals surface area contributed by atoms with Crippen LogP contribution in [0.2, 0.25) is 0 Å². The number of hydrogen-bond acceptors (Lipinski definition) is 4. The van der Waals surface area contributed by atoms with Gasteiger partial charge in [-0.2, -0.15) is 0 Å². The molecule has 2 aromatic carbocycles. The van der Waals surface area contributed by atoms with Gasteiger partial charge in [-0.25, -0.2) is 14.2 Å². The van der Waals surface area contributed by atoms with Gasteiger partial charge in [0.15, 0.2) is 5.82 Å². The second-order valence-corrected chi connectivity index (χ2v) is 11.3. The average molecular weight is 468 g/mol. The highest BCUT2D eigenvalue weighted by Gasteiger charge is 2.40. The number of halogens is 1. The molecule has 7 heteroatoms. The first-order valence-electron chi connectivity index (χ1n) is 11.8. The van der Waals surface area contributed by atoms with Gasteiger partial charge in [0.05, 0.1) is 17.2 Å². The van der Waals surface area contributed by atoms with Gasteiger partial charge in [-0.1, -0.05) is 27.7 Å². The normalized spacial score (nSPS) is 17.8. The minimum Gasteiger partial charge on any atom is -0.491 e. The third-order valence-corrected chi connectivity index (χ3v) is 6.41. The van der Waals surface area contributed by atoms with Crippen molar-refractivity contribution in [2.75, 3.05) is 5.32 Å². The fraction of sp³-hybridized carbons (Fsp3) is 0.481. The minimum atomic E-state index is -1.30. The van der Waals surface area contributed by atoms with Crippen LogP contribution in [0.4, 0.5) is 16.0 Å². The highest BCUT2D eigenvalue weighted by molar-refractivity contribution is 5.94. The van der Waals surface area contributed by atoms with Crippen molar-refractivity contribution < 1.29 is 19.0 Å². The Labute approximate surface area is 200 Å². The number of aromatic carboxylic acids is 1. The first-order chi connectivity index (χ1) is 15.8. The van der Waals surface area contributed by atoms with Crippen molar-refractivity contribution in [3.8, 4) is 5.75 Å². The predicted octanol–water partition coefficient (Wildman–Crippen LogP) is 7.18. The first kappa shape index (κ1) is 24.0. The molecule has 1 aromatic heterocycles. The Balaban J connectivity index is 1.81. The van der Waals surface area contributed by atoms with Crippen molar-refractivity contribution in [3.63, 3.8) is 0 Å². The molecular formula is C27H34FN3O3. The summed E-state index contributed by atoms with van der Waals surface area (Å²) in [5.41, 5.74) is 1.31. The van der Waals surface area contributed by atoms with Crippen molar-refractivity contribution in [3.05, 3.63) is 47.8 Å². The number of aromatic nitrogens is 2. The monoisotopic (exact) mass is 467 g/mol. The molecule has 182 valence electrons. The Morgan fingerprint density at radius 2 is 1.74 bits per heavy atom. The molecule has 1 saturated carbocycles. The van der Waals surface area contributed by atoms with E-state index in [-0.39, 0.29) is 34.1 Å². The maximum Gasteiger partial charge on any atom is 0.338 e. The Kier molecular flexibility index (Phi) is 6.08. The van der Waals surface area contributed by atoms with E-state index in [1.165, 1.54) is 6.07 Å². The van der Waals surface area contributed by atoms with Gasteiger partial charge < -0.3 is 19.7 Å². The molecule has 0 spiro atoms. The fourth-order valence-electron chi connectivity index (χ4n) is 5.74. The second kappa shape index (κ2) is 8.60. The summed E-state index contributed by atoms with van der Waals surface area (Å²) in [5.74, 6) is -0.833. The SMILES string of the molecule is CC(C)Oc1ccc(Nc2nc3c(F)c(C(=O)O)ccc3n2C2CC(C)(C)CC(C)(C)C2)cc1. The lowest BCUT2D eigenvalue weighted by Crippen LogP contribution is -2.35. The van der Waals surface area contributed by atoms with E-state index in [0.717, 1.165) is 30.7 Å². The van der Waals surface area contributed by atoms with Crippen LogP contribution < -0.4 is 10.1 Å². The molecule has 1 heterocycles. The molecule has 3 aromatic rings. The summed E-state index contributed by atoms with van der Waals surface area (Å²) in [6, 6.07) is 10.7. The summed E-state index contributed by atoms with van der Waals surface area (Å²) in [5, 5.41) is 12.8. The molecule has 6 nitrogen and oxygen atoms in total. The van der Waals surface area contributed by atoms with Gasteiger partial charge in [0.1, 0.15) is 11.3 Å². The summed E-state index contributed by atoms with van der Waals surface area (Å²) >= 11 is 0. The quantitative estimate of drug-likeness (QED) is 0.401. The number of fused-ring (bicyclic) bond motifs is 1. The lowest BCUT2D eigenvalue weighted by molar-refractivity contribution is 0.0692. The smallest absolute Gasteiger partial charge is 0.338 e. The number of carboxylic acid groups (broad SMARTS) is 1. The van der Waals surface area contributed by atoms with Gasteiger partial charge in [0.25, 0.3) is 0 Å². The zero-order valence-corrected chi connectivity index (χ0v) is 20.8. The zero-order chi connectivity index (χ0) is 24.8. The summed E-state index contributed by atoms with van der Waals surface area (Å²) < 4.78 is 23.0. The molecular weight excluding hydrogens is 433 g/mol. The molecule has 0 bridgehead atoms. The number of nitrogens with one attached hydrogen (secondary N) is 1. The number of rotatable bonds is 6. The van der Waals surface area contributed by atoms with Gasteiger partial charge in [0, 0.05) is 11.7 Å². The predicted molar refractivity (Wildman–Crippen MR) is 133 cm³/mol. The van der Waals surface area contributed by atoms with Gasteiger partial charge in [0.2, 0.25) is 5.95 Å². The van der Waals surface area contributed by atoms with Crippen molar-refractivity contribution in [1.29, 1.82) is 0 Å². The Morgan fingerprint density at radius 3 is 2.29 bits per heavy atom. The number of anilines is 2. The summed E-state index contributed by atoms with van der Waals surface area (Å²) in [6.45, 7) is 13.0. The van der Waals surface area contributed by atoms with E-state index in [4.69, 9.17) is 4.74 Å². The van der Waals surface area contributed by atoms with E-state index in [1.54, 1.807) is 6.07 Å². The third-order valence-electron chi connectivity index (χ3n) is 6.41. The second-order valence-electron chi connectivity index (χ2n) is 11.3. The zero-order valence-electron chi connectivity index (χ0n) is 20.8. The van der Waals surface area contributed by atoms with Crippen molar-refractivity contribution in [2.45, 2.75) is 73.0 Å². The maximum atomic E-state index is 15.2. The molecule has 1 aliphatic rings. The van der Waals surface area contributed by atoms with Crippen LogP contribution in [0.5, 0.6) is 5.75 Å². The lowest BCUT2D eigenvalue weighted by Gasteiger charge is -2.45. The Bertz CT molecular complexity index is 1200. The van der Waals surface area contributed by atoms with E-state index in [0.29, 0.717) is 11.5 Å². The topological polar surface area (TPSA) is 76.4 Å². The molecule has 0 amide bonds. The maximum absolute atomic E-state index is 15.2. The summed E-state index contributed by atoms with van der Waals surface area (Å²) in [4.78, 5) is 16.1. The van der Waals surface area contributed by atoms with Crippen LogP contribution in [-0.2, 0) is 0 Å². The van der Waals surface area contributed by atoms with Crippen LogP contribution in [0, 0.1) is 16.6 Å². The van der Waals surface area contributed by atoms with Crippen LogP contribution in [0.15, 0.2) is 36.4 Å². The highest BCUT2D eigenvalue weighted by Crippen LogP contribution is 2.51. The number of carboxylic acids is 1. The minimum absolute atomic E-state index is 0.0725. The van der Waals surface area contributed by atoms with Crippen molar-refractivity contribution in [1.82, 2.24) is 9.55 Å². The molecule has 0 aliphatic heterocycles. The van der Waals surface area contributed by atoms with Crippen LogP contribution >= 0.6 is 0 Å². The Morgan fingerprint density at radius 1 is 1.12 bits per heavy atom. The molecule has 0 saturated heterocycles. The van der Waals surface area contributed by atoms with E-state index in [9.17, 15) is 9.90 Å². The molecule has 1 aliphatic carbocycles. The number of nitrogens with zero attached hydrogens (tertiary/aromatic N) is 2. The molecule has 1 fully saturated rings. The summed E-state index contributed by atoms with van der Waals surface area (Å²) in [7, 11) is 0. The van der Waals surface area contributed by atoms with E-state index < -0.39 is 11.8 Å². The third kappa shape index (κ3) is 4.88. The van der Waals surface area contributed by atoms with Crippen LogP contribution in [0.1, 0.15) is 77.2 Å². The molecule has 34 heavy (non-hydrogen) atoms.